The van der Waals surface area contributed by atoms with Crippen LogP contribution in [0.3, 0.4) is 0 Å². The van der Waals surface area contributed by atoms with Gasteiger partial charge in [-0.05, 0) is 44.6 Å². The van der Waals surface area contributed by atoms with E-state index in [0.717, 1.165) is 31.8 Å². The van der Waals surface area contributed by atoms with Crippen LogP contribution in [0.25, 0.3) is 0 Å². The monoisotopic (exact) mass is 248 g/mol. The molecular formula is C8H22Cl2N2S. The Bertz CT molecular complexity index is 69.2. The molecule has 0 spiro atoms. The van der Waals surface area contributed by atoms with Crippen LogP contribution >= 0.6 is 37.4 Å². The molecule has 13 heavy (non-hydrogen) atoms. The van der Waals surface area contributed by atoms with E-state index in [1.54, 1.807) is 0 Å². The van der Waals surface area contributed by atoms with Crippen molar-refractivity contribution in [1.29, 1.82) is 0 Å². The lowest BCUT2D eigenvalue weighted by molar-refractivity contribution is 0.604. The molecule has 0 fully saturated rings. The summed E-state index contributed by atoms with van der Waals surface area (Å²) < 4.78 is 0. The molecule has 5 heteroatoms. The van der Waals surface area contributed by atoms with Crippen molar-refractivity contribution < 1.29 is 0 Å². The van der Waals surface area contributed by atoms with Gasteiger partial charge in [0.15, 0.2) is 0 Å². The van der Waals surface area contributed by atoms with Crippen molar-refractivity contribution in [2.24, 2.45) is 5.73 Å². The zero-order valence-electron chi connectivity index (χ0n) is 8.00. The normalized spacial score (nSPS) is 8.77. The predicted octanol–water partition coefficient (Wildman–Crippen LogP) is 1.87. The van der Waals surface area contributed by atoms with Crippen LogP contribution in [0.4, 0.5) is 0 Å². The Morgan fingerprint density at radius 3 is 2.08 bits per heavy atom. The average Bonchev–Trinajstić information content (AvgIpc) is 2.03. The van der Waals surface area contributed by atoms with Crippen molar-refractivity contribution in [2.45, 2.75) is 25.7 Å². The molecule has 0 aromatic rings. The smallest absolute Gasteiger partial charge is 0.00369 e. The van der Waals surface area contributed by atoms with Crippen molar-refractivity contribution in [2.75, 3.05) is 25.4 Å². The van der Waals surface area contributed by atoms with E-state index in [0.29, 0.717) is 0 Å². The quantitative estimate of drug-likeness (QED) is 0.454. The van der Waals surface area contributed by atoms with Crippen LogP contribution in [0, 0.1) is 0 Å². The van der Waals surface area contributed by atoms with Gasteiger partial charge >= 0.3 is 0 Å². The van der Waals surface area contributed by atoms with Crippen molar-refractivity contribution in [3.05, 3.63) is 0 Å². The molecule has 0 aromatic carbocycles. The van der Waals surface area contributed by atoms with Crippen LogP contribution in [0.1, 0.15) is 25.7 Å². The minimum Gasteiger partial charge on any atom is -0.330 e. The minimum absolute atomic E-state index is 0. The van der Waals surface area contributed by atoms with E-state index in [2.05, 4.69) is 17.9 Å². The maximum Gasteiger partial charge on any atom is -0.00369 e. The Morgan fingerprint density at radius 2 is 1.54 bits per heavy atom. The number of halogens is 2. The van der Waals surface area contributed by atoms with Crippen molar-refractivity contribution >= 4 is 37.4 Å². The lowest BCUT2D eigenvalue weighted by Crippen LogP contribution is -2.19. The Balaban J connectivity index is -0.000000500. The van der Waals surface area contributed by atoms with Gasteiger partial charge in [0.25, 0.3) is 0 Å². The first-order chi connectivity index (χ1) is 5.41. The van der Waals surface area contributed by atoms with E-state index in [9.17, 15) is 0 Å². The second kappa shape index (κ2) is 18.6. The molecule has 0 heterocycles. The number of hydrogen-bond acceptors (Lipinski definition) is 3. The highest BCUT2D eigenvalue weighted by Crippen LogP contribution is 1.94. The number of nitrogens with one attached hydrogen (secondary N) is 1. The fourth-order valence-electron chi connectivity index (χ4n) is 0.891. The third kappa shape index (κ3) is 19.3. The molecule has 0 unspecified atom stereocenters. The molecule has 2 nitrogen and oxygen atoms in total. The lowest BCUT2D eigenvalue weighted by Gasteiger charge is -2.01. The fraction of sp³-hybridized carbons (Fsp3) is 1.00. The molecule has 0 aliphatic rings. The van der Waals surface area contributed by atoms with Gasteiger partial charge in [-0.3, -0.25) is 0 Å². The SMILES string of the molecule is Cl.Cl.NCCCNCCCCCS. The first-order valence-electron chi connectivity index (χ1n) is 4.43. The summed E-state index contributed by atoms with van der Waals surface area (Å²) in [6.45, 7) is 2.99. The number of thiol groups is 1. The van der Waals surface area contributed by atoms with E-state index < -0.39 is 0 Å². The van der Waals surface area contributed by atoms with Gasteiger partial charge in [0, 0.05) is 0 Å². The maximum atomic E-state index is 5.34. The van der Waals surface area contributed by atoms with Crippen molar-refractivity contribution in [1.82, 2.24) is 5.32 Å². The Kier molecular flexibility index (Phi) is 27.8. The molecule has 0 amide bonds. The van der Waals surface area contributed by atoms with Crippen LogP contribution in [-0.2, 0) is 0 Å². The highest BCUT2D eigenvalue weighted by Gasteiger charge is 1.87. The molecule has 0 bridgehead atoms. The summed E-state index contributed by atoms with van der Waals surface area (Å²) in [5.41, 5.74) is 5.34. The van der Waals surface area contributed by atoms with Gasteiger partial charge in [-0.15, -0.1) is 24.8 Å². The number of hydrogen-bond donors (Lipinski definition) is 3. The Morgan fingerprint density at radius 1 is 0.923 bits per heavy atom. The summed E-state index contributed by atoms with van der Waals surface area (Å²) in [5.74, 6) is 1.02. The number of rotatable bonds is 8. The summed E-state index contributed by atoms with van der Waals surface area (Å²) in [6, 6.07) is 0. The van der Waals surface area contributed by atoms with Crippen LogP contribution in [0.5, 0.6) is 0 Å². The Labute approximate surface area is 99.6 Å². The largest absolute Gasteiger partial charge is 0.330 e. The van der Waals surface area contributed by atoms with E-state index in [4.69, 9.17) is 5.73 Å². The topological polar surface area (TPSA) is 38.0 Å². The zero-order valence-corrected chi connectivity index (χ0v) is 10.5. The summed E-state index contributed by atoms with van der Waals surface area (Å²) in [7, 11) is 0. The fourth-order valence-corrected chi connectivity index (χ4v) is 1.11. The molecule has 0 saturated carbocycles. The third-order valence-electron chi connectivity index (χ3n) is 1.57. The van der Waals surface area contributed by atoms with Crippen LogP contribution in [-0.4, -0.2) is 25.4 Å². The second-order valence-electron chi connectivity index (χ2n) is 2.68. The first kappa shape index (κ1) is 19.4. The molecule has 0 saturated heterocycles. The second-order valence-corrected chi connectivity index (χ2v) is 3.12. The van der Waals surface area contributed by atoms with Gasteiger partial charge in [0.05, 0.1) is 0 Å². The molecule has 0 aromatic heterocycles. The van der Waals surface area contributed by atoms with Gasteiger partial charge in [-0.25, -0.2) is 0 Å². The predicted molar refractivity (Wildman–Crippen MR) is 68.7 cm³/mol. The van der Waals surface area contributed by atoms with E-state index in [1.807, 2.05) is 0 Å². The Hall–Kier alpha value is 0.850. The van der Waals surface area contributed by atoms with Crippen molar-refractivity contribution in [3.63, 3.8) is 0 Å². The van der Waals surface area contributed by atoms with Crippen molar-refractivity contribution in [3.8, 4) is 0 Å². The van der Waals surface area contributed by atoms with Gasteiger partial charge in [-0.2, -0.15) is 12.6 Å². The van der Waals surface area contributed by atoms with E-state index in [-0.39, 0.29) is 24.8 Å². The molecule has 0 aliphatic heterocycles. The van der Waals surface area contributed by atoms with Gasteiger partial charge < -0.3 is 11.1 Å². The molecule has 0 rings (SSSR count). The third-order valence-corrected chi connectivity index (χ3v) is 1.89. The summed E-state index contributed by atoms with van der Waals surface area (Å²) in [6.07, 6.45) is 4.89. The molecule has 0 atom stereocenters. The molecule has 3 N–H and O–H groups in total. The van der Waals surface area contributed by atoms with E-state index >= 15 is 0 Å². The van der Waals surface area contributed by atoms with E-state index in [1.165, 1.54) is 19.3 Å². The van der Waals surface area contributed by atoms with Gasteiger partial charge in [0.2, 0.25) is 0 Å². The molecule has 0 radical (unpaired) electrons. The maximum absolute atomic E-state index is 5.34. The molecule has 0 aliphatic carbocycles. The lowest BCUT2D eigenvalue weighted by atomic mass is 10.2. The van der Waals surface area contributed by atoms with Crippen LogP contribution in [0.2, 0.25) is 0 Å². The highest BCUT2D eigenvalue weighted by atomic mass is 35.5. The number of unbranched alkanes of at least 4 members (excludes halogenated alkanes) is 2. The zero-order chi connectivity index (χ0) is 8.36. The molecule has 84 valence electrons. The summed E-state index contributed by atoms with van der Waals surface area (Å²) >= 11 is 4.14. The number of nitrogens with two attached hydrogens (primary N) is 1. The van der Waals surface area contributed by atoms with Crippen LogP contribution < -0.4 is 11.1 Å². The highest BCUT2D eigenvalue weighted by molar-refractivity contribution is 7.80. The van der Waals surface area contributed by atoms with Gasteiger partial charge in [-0.1, -0.05) is 6.42 Å². The molecular weight excluding hydrogens is 227 g/mol. The minimum atomic E-state index is 0. The van der Waals surface area contributed by atoms with Crippen LogP contribution in [0.15, 0.2) is 0 Å². The first-order valence-corrected chi connectivity index (χ1v) is 5.06. The summed E-state index contributed by atoms with van der Waals surface area (Å²) in [5, 5.41) is 3.34. The summed E-state index contributed by atoms with van der Waals surface area (Å²) in [4.78, 5) is 0. The van der Waals surface area contributed by atoms with Gasteiger partial charge in [0.1, 0.15) is 0 Å². The average molecular weight is 249 g/mol. The standard InChI is InChI=1S/C8H20N2S.2ClH/c9-5-4-7-10-6-2-1-3-8-11;;/h10-11H,1-9H2;2*1H.